The highest BCUT2D eigenvalue weighted by atomic mass is 35.5. The molecular weight excluding hydrogens is 570 g/mol. The van der Waals surface area contributed by atoms with Crippen LogP contribution in [0.2, 0.25) is 5.02 Å². The maximum absolute atomic E-state index is 14.3. The van der Waals surface area contributed by atoms with E-state index in [2.05, 4.69) is 61.7 Å². The molecule has 0 spiro atoms. The number of nitrogens with zero attached hydrogens (tertiary/aromatic N) is 5. The van der Waals surface area contributed by atoms with Crippen LogP contribution in [-0.4, -0.2) is 50.5 Å². The Morgan fingerprint density at radius 2 is 1.70 bits per heavy atom. The lowest BCUT2D eigenvalue weighted by atomic mass is 9.95. The van der Waals surface area contributed by atoms with Gasteiger partial charge in [0.15, 0.2) is 5.65 Å². The second-order valence-corrected chi connectivity index (χ2v) is 12.2. The average Bonchev–Trinajstić information content (AvgIpc) is 2.99. The lowest BCUT2D eigenvalue weighted by Gasteiger charge is -2.44. The molecule has 0 radical (unpaired) electrons. The van der Waals surface area contributed by atoms with E-state index in [1.807, 2.05) is 43.0 Å². The Bertz CT molecular complexity index is 1840. The van der Waals surface area contributed by atoms with E-state index in [0.717, 1.165) is 34.4 Å². The van der Waals surface area contributed by atoms with E-state index in [1.54, 1.807) is 4.57 Å². The van der Waals surface area contributed by atoms with E-state index in [4.69, 9.17) is 21.6 Å². The van der Waals surface area contributed by atoms with Crippen molar-refractivity contribution in [1.29, 1.82) is 0 Å². The minimum atomic E-state index is -0.392. The van der Waals surface area contributed by atoms with Crippen molar-refractivity contribution in [3.63, 3.8) is 0 Å². The summed E-state index contributed by atoms with van der Waals surface area (Å²) in [7, 11) is 0. The Hall–Kier alpha value is -4.23. The second kappa shape index (κ2) is 12.4. The summed E-state index contributed by atoms with van der Waals surface area (Å²) >= 11 is 7.06. The third-order valence-corrected chi connectivity index (χ3v) is 8.92. The Balaban J connectivity index is 0.00000384. The van der Waals surface area contributed by atoms with E-state index in [-0.39, 0.29) is 31.3 Å². The summed E-state index contributed by atoms with van der Waals surface area (Å²) < 4.78 is 1.69. The Labute approximate surface area is 264 Å². The van der Waals surface area contributed by atoms with Crippen LogP contribution >= 0.6 is 11.6 Å². The van der Waals surface area contributed by atoms with Gasteiger partial charge in [-0.05, 0) is 61.4 Å². The molecule has 1 saturated heterocycles. The Morgan fingerprint density at radius 1 is 1.00 bits per heavy atom. The fourth-order valence-electron chi connectivity index (χ4n) is 6.43. The topological polar surface area (TPSA) is 71.3 Å². The van der Waals surface area contributed by atoms with Gasteiger partial charge in [0.25, 0.3) is 0 Å². The molecule has 0 saturated carbocycles. The minimum absolute atomic E-state index is 0. The van der Waals surface area contributed by atoms with Crippen molar-refractivity contribution in [1.82, 2.24) is 19.4 Å². The summed E-state index contributed by atoms with van der Waals surface area (Å²) in [4.78, 5) is 40.7. The molecule has 0 unspecified atom stereocenters. The van der Waals surface area contributed by atoms with Gasteiger partial charge in [-0.3, -0.25) is 4.79 Å². The van der Waals surface area contributed by atoms with Gasteiger partial charge in [0.05, 0.1) is 21.8 Å². The van der Waals surface area contributed by atoms with Crippen molar-refractivity contribution >= 4 is 34.4 Å². The van der Waals surface area contributed by atoms with E-state index in [0.29, 0.717) is 47.1 Å². The lowest BCUT2D eigenvalue weighted by molar-refractivity contribution is -0.128. The highest BCUT2D eigenvalue weighted by molar-refractivity contribution is 6.34. The molecule has 0 aliphatic carbocycles. The molecule has 6 rings (SSSR count). The van der Waals surface area contributed by atoms with Crippen LogP contribution < -0.4 is 10.6 Å². The van der Waals surface area contributed by atoms with Gasteiger partial charge in [-0.25, -0.2) is 14.3 Å². The van der Waals surface area contributed by atoms with Crippen LogP contribution in [0.3, 0.4) is 0 Å². The number of carbonyl (C=O) groups excluding carboxylic acids is 1. The first-order valence-electron chi connectivity index (χ1n) is 14.9. The Kier molecular flexibility index (Phi) is 8.80. The number of benzene rings is 2. The monoisotopic (exact) mass is 609 g/mol. The summed E-state index contributed by atoms with van der Waals surface area (Å²) in [5.41, 5.74) is 5.73. The number of carbonyl (C=O) groups is 1. The van der Waals surface area contributed by atoms with Crippen LogP contribution in [0.15, 0.2) is 78.1 Å². The predicted molar refractivity (Wildman–Crippen MR) is 181 cm³/mol. The fourth-order valence-corrected chi connectivity index (χ4v) is 6.68. The number of aromatic nitrogens is 3. The maximum atomic E-state index is 14.3. The van der Waals surface area contributed by atoms with E-state index in [1.165, 1.54) is 6.08 Å². The number of para-hydroxylation sites is 1. The minimum Gasteiger partial charge on any atom is -0.349 e. The number of pyridine rings is 1. The third-order valence-electron chi connectivity index (χ3n) is 8.63. The Morgan fingerprint density at radius 3 is 2.43 bits per heavy atom. The lowest BCUT2D eigenvalue weighted by Crippen LogP contribution is -2.58. The highest BCUT2D eigenvalue weighted by Crippen LogP contribution is 2.37. The number of amides is 1. The molecule has 1 amide bonds. The zero-order chi connectivity index (χ0) is 30.4. The van der Waals surface area contributed by atoms with Gasteiger partial charge in [0.2, 0.25) is 5.91 Å². The van der Waals surface area contributed by atoms with Gasteiger partial charge in [-0.15, -0.1) is 0 Å². The fraction of sp³-hybridized carbons (Fsp3) is 0.333. The molecule has 2 aliphatic heterocycles. The predicted octanol–water partition coefficient (Wildman–Crippen LogP) is 7.13. The van der Waals surface area contributed by atoms with Crippen molar-refractivity contribution < 1.29 is 4.79 Å². The van der Waals surface area contributed by atoms with E-state index >= 15 is 0 Å². The summed E-state index contributed by atoms with van der Waals surface area (Å²) in [5, 5.41) is 1.19. The average molecular weight is 610 g/mol. The van der Waals surface area contributed by atoms with Crippen LogP contribution in [0.4, 0.5) is 5.82 Å². The number of halogens is 1. The zero-order valence-corrected chi connectivity index (χ0v) is 25.8. The second-order valence-electron chi connectivity index (χ2n) is 11.8. The van der Waals surface area contributed by atoms with Gasteiger partial charge in [0, 0.05) is 30.7 Å². The number of anilines is 1. The van der Waals surface area contributed by atoms with E-state index < -0.39 is 5.69 Å². The number of hydrogen-bond acceptors (Lipinski definition) is 5. The highest BCUT2D eigenvalue weighted by Gasteiger charge is 2.34. The molecule has 4 aromatic rings. The maximum Gasteiger partial charge on any atom is 0.355 e. The molecule has 2 aromatic heterocycles. The van der Waals surface area contributed by atoms with Crippen LogP contribution in [0.5, 0.6) is 0 Å². The molecule has 2 bridgehead atoms. The van der Waals surface area contributed by atoms with E-state index in [9.17, 15) is 9.59 Å². The van der Waals surface area contributed by atoms with Crippen LogP contribution in [0, 0.1) is 0 Å². The molecule has 2 aliphatic rings. The van der Waals surface area contributed by atoms with Crippen molar-refractivity contribution in [2.75, 3.05) is 18.0 Å². The molecule has 0 N–H and O–H groups in total. The summed E-state index contributed by atoms with van der Waals surface area (Å²) in [5.74, 6) is 0.594. The molecule has 7 nitrogen and oxygen atoms in total. The first kappa shape index (κ1) is 31.2. The van der Waals surface area contributed by atoms with Crippen LogP contribution in [0.25, 0.3) is 28.0 Å². The van der Waals surface area contributed by atoms with Crippen molar-refractivity contribution in [2.24, 2.45) is 0 Å². The number of fused-ring (bicyclic) bond motifs is 5. The standard InChI is InChI=1S/C35H36ClN5O2.CH4/c1-6-30(42)39-19-23(5)40(20-22(39)4)33-28-18-29(36)31-27-16-10-9-13-24(27)12-7-8-14-25-15-11-17-26(21(2)3)32(25)41(34(28)37-31)35(43)38-33;/h6-11,13,15-18,21-23H,1,12,14,19-20H2,2-5H3;1H4/b8-7+;/t22-,23+;/m1./s1. The number of hydrogen-bond donors (Lipinski definition) is 0. The number of rotatable bonds is 3. The van der Waals surface area contributed by atoms with Gasteiger partial charge in [-0.2, -0.15) is 4.98 Å². The SMILES string of the molecule is C.C=CC(=O)N1C[C@H](C)N(c2nc(=O)n3c4nc(c(Cl)cc24)-c2ccccc2C/C=C/Cc2cccc(C(C)C)c2-3)C[C@H]1C. The molecule has 4 heterocycles. The summed E-state index contributed by atoms with van der Waals surface area (Å²) in [6, 6.07) is 16.1. The number of allylic oxidation sites excluding steroid dienone is 2. The molecule has 44 heavy (non-hydrogen) atoms. The van der Waals surface area contributed by atoms with Crippen molar-refractivity contribution in [3.05, 3.63) is 106 Å². The largest absolute Gasteiger partial charge is 0.355 e. The quantitative estimate of drug-likeness (QED) is 0.183. The molecule has 228 valence electrons. The number of piperazine rings is 1. The van der Waals surface area contributed by atoms with Gasteiger partial charge in [-0.1, -0.05) is 94.1 Å². The van der Waals surface area contributed by atoms with Crippen molar-refractivity contribution in [3.8, 4) is 16.9 Å². The smallest absolute Gasteiger partial charge is 0.349 e. The zero-order valence-electron chi connectivity index (χ0n) is 25.0. The third kappa shape index (κ3) is 5.34. The molecular formula is C36H40ClN5O2. The summed E-state index contributed by atoms with van der Waals surface area (Å²) in [6.45, 7) is 13.0. The normalized spacial score (nSPS) is 18.6. The van der Waals surface area contributed by atoms with Gasteiger partial charge < -0.3 is 9.80 Å². The molecule has 2 aromatic carbocycles. The van der Waals surface area contributed by atoms with Gasteiger partial charge >= 0.3 is 5.69 Å². The first-order chi connectivity index (χ1) is 20.7. The van der Waals surface area contributed by atoms with Crippen LogP contribution in [-0.2, 0) is 17.6 Å². The van der Waals surface area contributed by atoms with Gasteiger partial charge in [0.1, 0.15) is 5.82 Å². The molecule has 2 atom stereocenters. The summed E-state index contributed by atoms with van der Waals surface area (Å²) in [6.07, 6.45) is 7.10. The van der Waals surface area contributed by atoms with Crippen molar-refractivity contribution in [2.45, 2.75) is 66.0 Å². The first-order valence-corrected chi connectivity index (χ1v) is 15.3. The van der Waals surface area contributed by atoms with Crippen LogP contribution in [0.1, 0.15) is 57.7 Å². The molecule has 1 fully saturated rings. The molecule has 8 heteroatoms.